The second-order valence-corrected chi connectivity index (χ2v) is 9.36. The van der Waals surface area contributed by atoms with Crippen LogP contribution in [0.15, 0.2) is 24.3 Å². The molecule has 1 saturated heterocycles. The summed E-state index contributed by atoms with van der Waals surface area (Å²) in [6.45, 7) is 7.67. The predicted octanol–water partition coefficient (Wildman–Crippen LogP) is 5.05. The number of rotatable bonds is 8. The number of benzene rings is 1. The Labute approximate surface area is 183 Å². The van der Waals surface area contributed by atoms with Crippen molar-refractivity contribution in [3.8, 4) is 16.3 Å². The maximum absolute atomic E-state index is 12.3. The Bertz CT molecular complexity index is 849. The smallest absolute Gasteiger partial charge is 0.315 e. The first kappa shape index (κ1) is 21.3. The first-order chi connectivity index (χ1) is 14.7. The summed E-state index contributed by atoms with van der Waals surface area (Å²) in [6.07, 6.45) is 6.55. The average Bonchev–Trinajstić information content (AvgIpc) is 3.37. The number of ether oxygens (including phenoxy) is 2. The summed E-state index contributed by atoms with van der Waals surface area (Å²) >= 11 is 1.70. The SMILES string of the molecule is CCOC(=O)C1CCCc2sc(-c3ccc(OCCCN4CCCC4C)cc3)nc21. The third kappa shape index (κ3) is 4.86. The Kier molecular flexibility index (Phi) is 7.05. The van der Waals surface area contributed by atoms with Gasteiger partial charge in [0.05, 0.1) is 18.9 Å². The van der Waals surface area contributed by atoms with Gasteiger partial charge in [-0.1, -0.05) is 0 Å². The lowest BCUT2D eigenvalue weighted by Crippen LogP contribution is -2.28. The van der Waals surface area contributed by atoms with Crippen LogP contribution >= 0.6 is 11.3 Å². The van der Waals surface area contributed by atoms with Crippen LogP contribution < -0.4 is 4.74 Å². The summed E-state index contributed by atoms with van der Waals surface area (Å²) < 4.78 is 11.2. The van der Waals surface area contributed by atoms with Gasteiger partial charge in [0.15, 0.2) is 0 Å². The Morgan fingerprint density at radius 2 is 2.07 bits per heavy atom. The summed E-state index contributed by atoms with van der Waals surface area (Å²) in [7, 11) is 0. The lowest BCUT2D eigenvalue weighted by molar-refractivity contribution is -0.145. The predicted molar refractivity (Wildman–Crippen MR) is 120 cm³/mol. The zero-order valence-electron chi connectivity index (χ0n) is 18.1. The average molecular weight is 429 g/mol. The van der Waals surface area contributed by atoms with E-state index in [2.05, 4.69) is 24.0 Å². The highest BCUT2D eigenvalue weighted by Crippen LogP contribution is 2.39. The Hall–Kier alpha value is -1.92. The van der Waals surface area contributed by atoms with Gasteiger partial charge in [-0.3, -0.25) is 4.79 Å². The molecule has 0 saturated carbocycles. The molecule has 1 aromatic heterocycles. The quantitative estimate of drug-likeness (QED) is 0.435. The van der Waals surface area contributed by atoms with Gasteiger partial charge in [0.1, 0.15) is 16.7 Å². The Morgan fingerprint density at radius 3 is 2.80 bits per heavy atom. The molecule has 1 aromatic carbocycles. The number of aryl methyl sites for hydroxylation is 1. The van der Waals surface area contributed by atoms with Gasteiger partial charge in [0.2, 0.25) is 0 Å². The summed E-state index contributed by atoms with van der Waals surface area (Å²) in [5.41, 5.74) is 2.01. The summed E-state index contributed by atoms with van der Waals surface area (Å²) in [6, 6.07) is 8.91. The molecule has 162 valence electrons. The van der Waals surface area contributed by atoms with Crippen LogP contribution in [0.2, 0.25) is 0 Å². The van der Waals surface area contributed by atoms with Gasteiger partial charge in [-0.05, 0) is 83.2 Å². The van der Waals surface area contributed by atoms with Crippen LogP contribution in [0.5, 0.6) is 5.75 Å². The minimum Gasteiger partial charge on any atom is -0.494 e. The van der Waals surface area contributed by atoms with E-state index in [4.69, 9.17) is 14.5 Å². The number of hydrogen-bond acceptors (Lipinski definition) is 6. The van der Waals surface area contributed by atoms with Crippen LogP contribution in [0.25, 0.3) is 10.6 Å². The van der Waals surface area contributed by atoms with Gasteiger partial charge in [0, 0.05) is 23.0 Å². The number of esters is 1. The number of nitrogens with zero attached hydrogens (tertiary/aromatic N) is 2. The number of thiazole rings is 1. The molecule has 5 nitrogen and oxygen atoms in total. The molecule has 1 aliphatic heterocycles. The molecule has 4 rings (SSSR count). The van der Waals surface area contributed by atoms with E-state index >= 15 is 0 Å². The molecule has 2 heterocycles. The topological polar surface area (TPSA) is 51.7 Å². The van der Waals surface area contributed by atoms with Crippen LogP contribution in [0.3, 0.4) is 0 Å². The first-order valence-electron chi connectivity index (χ1n) is 11.3. The zero-order valence-corrected chi connectivity index (χ0v) is 18.9. The van der Waals surface area contributed by atoms with E-state index in [-0.39, 0.29) is 11.9 Å². The van der Waals surface area contributed by atoms with Crippen molar-refractivity contribution in [3.63, 3.8) is 0 Å². The van der Waals surface area contributed by atoms with Crippen molar-refractivity contribution in [2.75, 3.05) is 26.3 Å². The molecule has 0 spiro atoms. The van der Waals surface area contributed by atoms with Gasteiger partial charge in [-0.15, -0.1) is 11.3 Å². The number of hydrogen-bond donors (Lipinski definition) is 0. The number of aromatic nitrogens is 1. The van der Waals surface area contributed by atoms with Crippen LogP contribution in [0, 0.1) is 0 Å². The highest BCUT2D eigenvalue weighted by atomic mass is 32.1. The monoisotopic (exact) mass is 428 g/mol. The lowest BCUT2D eigenvalue weighted by Gasteiger charge is -2.20. The number of carbonyl (C=O) groups excluding carboxylic acids is 1. The van der Waals surface area contributed by atoms with Crippen LogP contribution in [-0.2, 0) is 16.0 Å². The lowest BCUT2D eigenvalue weighted by atomic mass is 9.91. The molecule has 6 heteroatoms. The molecule has 2 atom stereocenters. The third-order valence-electron chi connectivity index (χ3n) is 6.18. The van der Waals surface area contributed by atoms with E-state index in [1.54, 1.807) is 11.3 Å². The molecular formula is C24H32N2O3S. The van der Waals surface area contributed by atoms with Gasteiger partial charge >= 0.3 is 5.97 Å². The van der Waals surface area contributed by atoms with Gasteiger partial charge < -0.3 is 14.4 Å². The molecular weight excluding hydrogens is 396 g/mol. The zero-order chi connectivity index (χ0) is 20.9. The van der Waals surface area contributed by atoms with Crippen molar-refractivity contribution in [1.82, 2.24) is 9.88 Å². The van der Waals surface area contributed by atoms with E-state index in [1.165, 1.54) is 24.3 Å². The summed E-state index contributed by atoms with van der Waals surface area (Å²) in [4.78, 5) is 20.9. The normalized spacial score (nSPS) is 21.4. The molecule has 2 unspecified atom stereocenters. The number of carbonyl (C=O) groups is 1. The number of likely N-dealkylation sites (tertiary alicyclic amines) is 1. The minimum atomic E-state index is -0.209. The molecule has 0 bridgehead atoms. The summed E-state index contributed by atoms with van der Waals surface area (Å²) in [5, 5.41) is 0.978. The Balaban J connectivity index is 1.34. The third-order valence-corrected chi connectivity index (χ3v) is 7.36. The van der Waals surface area contributed by atoms with E-state index in [1.807, 2.05) is 19.1 Å². The molecule has 2 aromatic rings. The molecule has 30 heavy (non-hydrogen) atoms. The van der Waals surface area contributed by atoms with Crippen molar-refractivity contribution >= 4 is 17.3 Å². The van der Waals surface area contributed by atoms with Gasteiger partial charge in [-0.2, -0.15) is 0 Å². The second kappa shape index (κ2) is 9.92. The van der Waals surface area contributed by atoms with Crippen LogP contribution in [-0.4, -0.2) is 48.2 Å². The highest BCUT2D eigenvalue weighted by Gasteiger charge is 2.31. The molecule has 0 amide bonds. The highest BCUT2D eigenvalue weighted by molar-refractivity contribution is 7.15. The van der Waals surface area contributed by atoms with Crippen LogP contribution in [0.1, 0.15) is 62.4 Å². The fourth-order valence-corrected chi connectivity index (χ4v) is 5.66. The van der Waals surface area contributed by atoms with Gasteiger partial charge in [-0.25, -0.2) is 4.98 Å². The molecule has 1 fully saturated rings. The largest absolute Gasteiger partial charge is 0.494 e. The maximum Gasteiger partial charge on any atom is 0.315 e. The standard InChI is InChI=1S/C24H32N2O3S/c1-3-28-24(27)20-8-4-9-21-22(20)25-23(30-21)18-10-12-19(13-11-18)29-16-6-15-26-14-5-7-17(26)2/h10-13,17,20H,3-9,14-16H2,1-2H3. The van der Waals surface area contributed by atoms with Crippen molar-refractivity contribution < 1.29 is 14.3 Å². The van der Waals surface area contributed by atoms with Crippen molar-refractivity contribution in [1.29, 1.82) is 0 Å². The fourth-order valence-electron chi connectivity index (χ4n) is 4.49. The minimum absolute atomic E-state index is 0.137. The summed E-state index contributed by atoms with van der Waals surface area (Å²) in [5.74, 6) is 0.556. The molecule has 0 N–H and O–H groups in total. The molecule has 1 aliphatic carbocycles. The number of fused-ring (bicyclic) bond motifs is 1. The van der Waals surface area contributed by atoms with Gasteiger partial charge in [0.25, 0.3) is 0 Å². The molecule has 0 radical (unpaired) electrons. The van der Waals surface area contributed by atoms with E-state index < -0.39 is 0 Å². The Morgan fingerprint density at radius 1 is 1.23 bits per heavy atom. The van der Waals surface area contributed by atoms with Crippen molar-refractivity contribution in [2.24, 2.45) is 0 Å². The second-order valence-electron chi connectivity index (χ2n) is 8.28. The van der Waals surface area contributed by atoms with Crippen molar-refractivity contribution in [2.45, 2.75) is 64.3 Å². The van der Waals surface area contributed by atoms with Crippen LogP contribution in [0.4, 0.5) is 0 Å². The van der Waals surface area contributed by atoms with E-state index in [9.17, 15) is 4.79 Å². The maximum atomic E-state index is 12.3. The van der Waals surface area contributed by atoms with E-state index in [0.717, 1.165) is 66.9 Å². The molecule has 2 aliphatic rings. The first-order valence-corrected chi connectivity index (χ1v) is 12.1. The van der Waals surface area contributed by atoms with Crippen molar-refractivity contribution in [3.05, 3.63) is 34.8 Å². The van der Waals surface area contributed by atoms with E-state index in [0.29, 0.717) is 6.61 Å². The fraction of sp³-hybridized carbons (Fsp3) is 0.583.